The number of halogens is 2. The Bertz CT molecular complexity index is 481. The molecule has 1 rings (SSSR count). The summed E-state index contributed by atoms with van der Waals surface area (Å²) in [6.45, 7) is 3.04. The minimum absolute atomic E-state index is 0.0320. The summed E-state index contributed by atoms with van der Waals surface area (Å²) in [5.74, 6) is -0.821. The van der Waals surface area contributed by atoms with E-state index >= 15 is 0 Å². The van der Waals surface area contributed by atoms with Crippen molar-refractivity contribution in [3.05, 3.63) is 28.6 Å². The molecule has 1 aromatic rings. The number of carbonyl (C=O) groups is 1. The molecule has 0 fully saturated rings. The molecule has 0 atom stereocenters. The number of nitrogens with zero attached hydrogens (tertiary/aromatic N) is 2. The van der Waals surface area contributed by atoms with E-state index < -0.39 is 12.4 Å². The predicted molar refractivity (Wildman–Crippen MR) is 54.6 cm³/mol. The van der Waals surface area contributed by atoms with Gasteiger partial charge in [-0.1, -0.05) is 0 Å². The number of esters is 1. The van der Waals surface area contributed by atoms with E-state index in [1.165, 1.54) is 6.92 Å². The Morgan fingerprint density at radius 3 is 2.76 bits per heavy atom. The smallest absolute Gasteiger partial charge is 0.341 e. The molecule has 90 valence electrons. The molecule has 0 aliphatic carbocycles. The van der Waals surface area contributed by atoms with Crippen LogP contribution in [-0.2, 0) is 4.74 Å². The molecule has 0 spiro atoms. The zero-order chi connectivity index (χ0) is 13.0. The van der Waals surface area contributed by atoms with Gasteiger partial charge in [-0.15, -0.1) is 0 Å². The largest absolute Gasteiger partial charge is 0.462 e. The van der Waals surface area contributed by atoms with Crippen LogP contribution in [0.1, 0.15) is 40.7 Å². The zero-order valence-electron chi connectivity index (χ0n) is 9.33. The lowest BCUT2D eigenvalue weighted by atomic mass is 10.1. The zero-order valence-corrected chi connectivity index (χ0v) is 9.33. The number of alkyl halides is 2. The molecular formula is C11H10F2N2O2. The lowest BCUT2D eigenvalue weighted by molar-refractivity contribution is 0.0525. The molecule has 1 aromatic heterocycles. The van der Waals surface area contributed by atoms with Crippen molar-refractivity contribution < 1.29 is 18.3 Å². The van der Waals surface area contributed by atoms with Gasteiger partial charge in [0.25, 0.3) is 6.43 Å². The maximum Gasteiger partial charge on any atom is 0.341 e. The number of aromatic nitrogens is 1. The molecule has 0 aliphatic rings. The highest BCUT2D eigenvalue weighted by atomic mass is 19.3. The highest BCUT2D eigenvalue weighted by Gasteiger charge is 2.20. The van der Waals surface area contributed by atoms with Crippen molar-refractivity contribution in [1.29, 1.82) is 5.26 Å². The van der Waals surface area contributed by atoms with Crippen molar-refractivity contribution in [2.24, 2.45) is 0 Å². The van der Waals surface area contributed by atoms with Gasteiger partial charge in [0.05, 0.1) is 12.2 Å². The molecule has 6 heteroatoms. The summed E-state index contributed by atoms with van der Waals surface area (Å²) in [6, 6.07) is 2.65. The average Bonchev–Trinajstić information content (AvgIpc) is 2.28. The van der Waals surface area contributed by atoms with Gasteiger partial charge < -0.3 is 4.74 Å². The third kappa shape index (κ3) is 2.75. The number of aryl methyl sites for hydroxylation is 1. The molecule has 0 aromatic carbocycles. The van der Waals surface area contributed by atoms with Crippen LogP contribution in [0, 0.1) is 18.3 Å². The Morgan fingerprint density at radius 2 is 2.29 bits per heavy atom. The quantitative estimate of drug-likeness (QED) is 0.761. The normalized spacial score (nSPS) is 10.1. The van der Waals surface area contributed by atoms with Gasteiger partial charge in [-0.05, 0) is 19.9 Å². The second kappa shape index (κ2) is 5.34. The van der Waals surface area contributed by atoms with Crippen LogP contribution in [-0.4, -0.2) is 17.6 Å². The van der Waals surface area contributed by atoms with E-state index in [0.29, 0.717) is 0 Å². The number of carbonyl (C=O) groups excluding carboxylic acids is 1. The number of ether oxygens (including phenoxy) is 1. The molecule has 0 amide bonds. The third-order valence-corrected chi connectivity index (χ3v) is 2.09. The topological polar surface area (TPSA) is 63.0 Å². The van der Waals surface area contributed by atoms with Crippen molar-refractivity contribution in [2.75, 3.05) is 6.61 Å². The molecule has 0 radical (unpaired) electrons. The van der Waals surface area contributed by atoms with Gasteiger partial charge >= 0.3 is 5.97 Å². The SMILES string of the molecule is CCOC(=O)c1cc(C(F)F)c(C)nc1C#N. The number of rotatable bonds is 3. The first-order valence-corrected chi connectivity index (χ1v) is 4.88. The van der Waals surface area contributed by atoms with Crippen LogP contribution in [0.2, 0.25) is 0 Å². The van der Waals surface area contributed by atoms with E-state index in [-0.39, 0.29) is 29.1 Å². The molecule has 17 heavy (non-hydrogen) atoms. The van der Waals surface area contributed by atoms with Crippen LogP contribution in [0.15, 0.2) is 6.07 Å². The summed E-state index contributed by atoms with van der Waals surface area (Å²) in [5, 5.41) is 8.78. The van der Waals surface area contributed by atoms with Gasteiger partial charge in [-0.2, -0.15) is 5.26 Å². The summed E-state index contributed by atoms with van der Waals surface area (Å²) >= 11 is 0. The summed E-state index contributed by atoms with van der Waals surface area (Å²) in [4.78, 5) is 15.1. The van der Waals surface area contributed by atoms with Crippen molar-refractivity contribution in [3.8, 4) is 6.07 Å². The van der Waals surface area contributed by atoms with Crippen LogP contribution in [0.4, 0.5) is 8.78 Å². The van der Waals surface area contributed by atoms with Gasteiger partial charge in [0.2, 0.25) is 0 Å². The minimum Gasteiger partial charge on any atom is -0.462 e. The highest BCUT2D eigenvalue weighted by Crippen LogP contribution is 2.24. The van der Waals surface area contributed by atoms with E-state index in [0.717, 1.165) is 6.07 Å². The third-order valence-electron chi connectivity index (χ3n) is 2.09. The van der Waals surface area contributed by atoms with Gasteiger partial charge in [-0.25, -0.2) is 18.6 Å². The number of hydrogen-bond donors (Lipinski definition) is 0. The van der Waals surface area contributed by atoms with E-state index in [4.69, 9.17) is 5.26 Å². The van der Waals surface area contributed by atoms with Crippen molar-refractivity contribution in [3.63, 3.8) is 0 Å². The molecule has 1 heterocycles. The summed E-state index contributed by atoms with van der Waals surface area (Å²) in [7, 11) is 0. The van der Waals surface area contributed by atoms with Gasteiger partial charge in [-0.3, -0.25) is 0 Å². The Hall–Kier alpha value is -2.03. The first-order chi connectivity index (χ1) is 8.01. The minimum atomic E-state index is -2.75. The molecule has 0 saturated heterocycles. The Kier molecular flexibility index (Phi) is 4.10. The van der Waals surface area contributed by atoms with Gasteiger partial charge in [0, 0.05) is 11.3 Å². The maximum absolute atomic E-state index is 12.6. The maximum atomic E-state index is 12.6. The summed E-state index contributed by atoms with van der Waals surface area (Å²) < 4.78 is 29.9. The monoisotopic (exact) mass is 240 g/mol. The lowest BCUT2D eigenvalue weighted by Gasteiger charge is -2.08. The first kappa shape index (κ1) is 13.0. The summed E-state index contributed by atoms with van der Waals surface area (Å²) in [6.07, 6.45) is -2.75. The van der Waals surface area contributed by atoms with Gasteiger partial charge in [0.15, 0.2) is 5.69 Å². The van der Waals surface area contributed by atoms with Crippen LogP contribution in [0.25, 0.3) is 0 Å². The fraction of sp³-hybridized carbons (Fsp3) is 0.364. The second-order valence-corrected chi connectivity index (χ2v) is 3.19. The van der Waals surface area contributed by atoms with Crippen molar-refractivity contribution in [1.82, 2.24) is 4.98 Å². The standard InChI is InChI=1S/C11H10F2N2O2/c1-3-17-11(16)8-4-7(10(12)13)6(2)15-9(8)5-14/h4,10H,3H2,1-2H3. The average molecular weight is 240 g/mol. The molecule has 0 aliphatic heterocycles. The first-order valence-electron chi connectivity index (χ1n) is 4.88. The molecule has 0 bridgehead atoms. The molecule has 0 unspecified atom stereocenters. The Labute approximate surface area is 96.8 Å². The Balaban J connectivity index is 3.32. The highest BCUT2D eigenvalue weighted by molar-refractivity contribution is 5.91. The number of pyridine rings is 1. The molecular weight excluding hydrogens is 230 g/mol. The van der Waals surface area contributed by atoms with Crippen LogP contribution < -0.4 is 0 Å². The van der Waals surface area contributed by atoms with Gasteiger partial charge in [0.1, 0.15) is 6.07 Å². The van der Waals surface area contributed by atoms with Crippen LogP contribution >= 0.6 is 0 Å². The Morgan fingerprint density at radius 1 is 1.65 bits per heavy atom. The molecule has 0 saturated carbocycles. The number of nitriles is 1. The predicted octanol–water partition coefficient (Wildman–Crippen LogP) is 2.38. The molecule has 4 nitrogen and oxygen atoms in total. The second-order valence-electron chi connectivity index (χ2n) is 3.19. The fourth-order valence-corrected chi connectivity index (χ4v) is 1.29. The van der Waals surface area contributed by atoms with E-state index in [9.17, 15) is 13.6 Å². The fourth-order valence-electron chi connectivity index (χ4n) is 1.29. The molecule has 0 N–H and O–H groups in total. The van der Waals surface area contributed by atoms with Crippen LogP contribution in [0.5, 0.6) is 0 Å². The van der Waals surface area contributed by atoms with Crippen molar-refractivity contribution >= 4 is 5.97 Å². The lowest BCUT2D eigenvalue weighted by Crippen LogP contribution is -2.10. The van der Waals surface area contributed by atoms with Crippen LogP contribution in [0.3, 0.4) is 0 Å². The van der Waals surface area contributed by atoms with E-state index in [1.807, 2.05) is 0 Å². The van der Waals surface area contributed by atoms with E-state index in [2.05, 4.69) is 9.72 Å². The number of hydrogen-bond acceptors (Lipinski definition) is 4. The van der Waals surface area contributed by atoms with Crippen molar-refractivity contribution in [2.45, 2.75) is 20.3 Å². The summed E-state index contributed by atoms with van der Waals surface area (Å²) in [5.41, 5.74) is -0.766. The van der Waals surface area contributed by atoms with E-state index in [1.54, 1.807) is 13.0 Å².